The number of hydrogen-bond donors (Lipinski definition) is 0. The molecule has 1 atom stereocenters. The molecule has 7 nitrogen and oxygen atoms in total. The lowest BCUT2D eigenvalue weighted by molar-refractivity contribution is -0.383. The highest BCUT2D eigenvalue weighted by Gasteiger charge is 2.30. The molecule has 0 spiro atoms. The zero-order valence-electron chi connectivity index (χ0n) is 11.9. The molecule has 0 saturated carbocycles. The van der Waals surface area contributed by atoms with Crippen molar-refractivity contribution in [1.29, 1.82) is 0 Å². The maximum absolute atomic E-state index is 11.6. The molecule has 1 aliphatic heterocycles. The number of rotatable bonds is 5. The van der Waals surface area contributed by atoms with Crippen molar-refractivity contribution >= 4 is 31.9 Å². The van der Waals surface area contributed by atoms with Crippen molar-refractivity contribution in [2.75, 3.05) is 38.0 Å². The monoisotopic (exact) mass is 334 g/mol. The Morgan fingerprint density at radius 3 is 2.86 bits per heavy atom. The van der Waals surface area contributed by atoms with Crippen molar-refractivity contribution in [1.82, 2.24) is 0 Å². The molecule has 118 valence electrons. The predicted molar refractivity (Wildman–Crippen MR) is 80.9 cm³/mol. The molecular weight excluding hydrogens is 316 g/mol. The Bertz CT molecular complexity index is 624. The maximum Gasteiger partial charge on any atom is 0.305 e. The summed E-state index contributed by atoms with van der Waals surface area (Å²) in [6.07, 6.45) is 3.00. The highest BCUT2D eigenvalue weighted by molar-refractivity contribution is 7.92. The molecule has 0 bridgehead atoms. The minimum Gasteiger partial charge on any atom is -0.384 e. The number of ether oxygens (including phenoxy) is 1. The quantitative estimate of drug-likeness (QED) is 0.604. The Kier molecular flexibility index (Phi) is 4.84. The van der Waals surface area contributed by atoms with Crippen LogP contribution in [-0.2, 0) is 14.6 Å². The highest BCUT2D eigenvalue weighted by Crippen LogP contribution is 2.41. The lowest BCUT2D eigenvalue weighted by Gasteiger charge is -2.32. The Balaban J connectivity index is 2.33. The van der Waals surface area contributed by atoms with Crippen molar-refractivity contribution in [2.45, 2.75) is 17.1 Å². The van der Waals surface area contributed by atoms with Crippen LogP contribution in [0.2, 0.25) is 0 Å². The second kappa shape index (κ2) is 6.29. The number of nitrogens with zero attached hydrogens (tertiary/aromatic N) is 2. The van der Waals surface area contributed by atoms with Crippen LogP contribution in [0.1, 0.15) is 12.8 Å². The number of sulfone groups is 1. The second-order valence-electron chi connectivity index (χ2n) is 5.19. The predicted octanol–water partition coefficient (Wildman–Crippen LogP) is 1.92. The second-order valence-corrected chi connectivity index (χ2v) is 8.47. The zero-order valence-corrected chi connectivity index (χ0v) is 13.6. The summed E-state index contributed by atoms with van der Waals surface area (Å²) in [6.45, 7) is 1.96. The van der Waals surface area contributed by atoms with Gasteiger partial charge in [0, 0.05) is 32.5 Å². The van der Waals surface area contributed by atoms with Crippen LogP contribution >= 0.6 is 11.3 Å². The van der Waals surface area contributed by atoms with E-state index in [2.05, 4.69) is 0 Å². The highest BCUT2D eigenvalue weighted by atomic mass is 32.2. The minimum atomic E-state index is -3.44. The Morgan fingerprint density at radius 1 is 1.57 bits per heavy atom. The molecule has 1 aromatic rings. The van der Waals surface area contributed by atoms with E-state index >= 15 is 0 Å². The molecule has 21 heavy (non-hydrogen) atoms. The van der Waals surface area contributed by atoms with Crippen LogP contribution in [0.3, 0.4) is 0 Å². The van der Waals surface area contributed by atoms with Gasteiger partial charge in [0.15, 0.2) is 14.8 Å². The standard InChI is InChI=1S/C12H18N2O5S2/c1-19-8-9-4-3-5-13(7-9)12-10(14(15)16)6-11(20-12)21(2,17)18/h6,9H,3-5,7-8H2,1-2H3. The first-order valence-electron chi connectivity index (χ1n) is 6.55. The first kappa shape index (κ1) is 16.2. The number of methoxy groups -OCH3 is 1. The van der Waals surface area contributed by atoms with Gasteiger partial charge in [-0.25, -0.2) is 8.42 Å². The van der Waals surface area contributed by atoms with Crippen LogP contribution in [0, 0.1) is 16.0 Å². The lowest BCUT2D eigenvalue weighted by atomic mass is 9.99. The molecular formula is C12H18N2O5S2. The summed E-state index contributed by atoms with van der Waals surface area (Å²) in [6, 6.07) is 1.16. The van der Waals surface area contributed by atoms with Crippen molar-refractivity contribution < 1.29 is 18.1 Å². The van der Waals surface area contributed by atoms with E-state index in [-0.39, 0.29) is 9.90 Å². The lowest BCUT2D eigenvalue weighted by Crippen LogP contribution is -2.36. The third-order valence-corrected chi connectivity index (χ3v) is 6.43. The van der Waals surface area contributed by atoms with Gasteiger partial charge < -0.3 is 9.64 Å². The molecule has 0 radical (unpaired) electrons. The molecule has 1 aromatic heterocycles. The molecule has 2 rings (SSSR count). The molecule has 0 amide bonds. The van der Waals surface area contributed by atoms with E-state index in [0.717, 1.165) is 36.5 Å². The summed E-state index contributed by atoms with van der Waals surface area (Å²) >= 11 is 0.977. The molecule has 0 aliphatic carbocycles. The topological polar surface area (TPSA) is 89.8 Å². The van der Waals surface area contributed by atoms with Crippen LogP contribution in [0.5, 0.6) is 0 Å². The van der Waals surface area contributed by atoms with Crippen molar-refractivity contribution in [2.24, 2.45) is 5.92 Å². The molecule has 0 N–H and O–H groups in total. The van der Waals surface area contributed by atoms with E-state index in [1.165, 1.54) is 0 Å². The molecule has 2 heterocycles. The average Bonchev–Trinajstić information content (AvgIpc) is 2.84. The summed E-state index contributed by atoms with van der Waals surface area (Å²) in [5.41, 5.74) is -0.126. The van der Waals surface area contributed by atoms with Gasteiger partial charge in [0.2, 0.25) is 0 Å². The number of thiophene rings is 1. The Hall–Kier alpha value is -1.19. The molecule has 1 saturated heterocycles. The third-order valence-electron chi connectivity index (χ3n) is 3.44. The van der Waals surface area contributed by atoms with Crippen LogP contribution in [-0.4, -0.2) is 46.4 Å². The fourth-order valence-electron chi connectivity index (χ4n) is 2.51. The molecule has 1 unspecified atom stereocenters. The number of anilines is 1. The van der Waals surface area contributed by atoms with Gasteiger partial charge in [-0.1, -0.05) is 11.3 Å². The third kappa shape index (κ3) is 3.72. The fourth-order valence-corrected chi connectivity index (χ4v) is 4.57. The largest absolute Gasteiger partial charge is 0.384 e. The summed E-state index contributed by atoms with van der Waals surface area (Å²) in [7, 11) is -1.80. The Morgan fingerprint density at radius 2 is 2.29 bits per heavy atom. The van der Waals surface area contributed by atoms with Gasteiger partial charge in [0.1, 0.15) is 4.21 Å². The van der Waals surface area contributed by atoms with Gasteiger partial charge in [0.25, 0.3) is 0 Å². The van der Waals surface area contributed by atoms with E-state index in [1.807, 2.05) is 4.90 Å². The molecule has 0 aromatic carbocycles. The van der Waals surface area contributed by atoms with Crippen LogP contribution in [0.15, 0.2) is 10.3 Å². The summed E-state index contributed by atoms with van der Waals surface area (Å²) in [5, 5.41) is 11.6. The van der Waals surface area contributed by atoms with E-state index < -0.39 is 14.8 Å². The average molecular weight is 334 g/mol. The van der Waals surface area contributed by atoms with Crippen LogP contribution in [0.4, 0.5) is 10.7 Å². The summed E-state index contributed by atoms with van der Waals surface area (Å²) in [5.74, 6) is 0.312. The summed E-state index contributed by atoms with van der Waals surface area (Å²) in [4.78, 5) is 12.6. The van der Waals surface area contributed by atoms with Gasteiger partial charge in [0.05, 0.1) is 11.5 Å². The molecule has 1 fully saturated rings. The van der Waals surface area contributed by atoms with E-state index in [4.69, 9.17) is 4.74 Å². The first-order valence-corrected chi connectivity index (χ1v) is 9.26. The number of nitro groups is 1. The first-order chi connectivity index (χ1) is 9.82. The summed E-state index contributed by atoms with van der Waals surface area (Å²) < 4.78 is 28.4. The van der Waals surface area contributed by atoms with E-state index in [9.17, 15) is 18.5 Å². The van der Waals surface area contributed by atoms with E-state index in [0.29, 0.717) is 30.6 Å². The van der Waals surface area contributed by atoms with Crippen molar-refractivity contribution in [3.8, 4) is 0 Å². The van der Waals surface area contributed by atoms with Crippen molar-refractivity contribution in [3.05, 3.63) is 16.2 Å². The normalized spacial score (nSPS) is 19.7. The molecule has 1 aliphatic rings. The number of hydrogen-bond acceptors (Lipinski definition) is 7. The van der Waals surface area contributed by atoms with Gasteiger partial charge in [-0.3, -0.25) is 10.1 Å². The van der Waals surface area contributed by atoms with Gasteiger partial charge in [-0.15, -0.1) is 0 Å². The minimum absolute atomic E-state index is 0.0399. The fraction of sp³-hybridized carbons (Fsp3) is 0.667. The van der Waals surface area contributed by atoms with E-state index in [1.54, 1.807) is 7.11 Å². The van der Waals surface area contributed by atoms with Crippen LogP contribution in [0.25, 0.3) is 0 Å². The van der Waals surface area contributed by atoms with Gasteiger partial charge in [-0.05, 0) is 18.8 Å². The molecule has 9 heteroatoms. The van der Waals surface area contributed by atoms with Crippen LogP contribution < -0.4 is 4.90 Å². The smallest absolute Gasteiger partial charge is 0.305 e. The van der Waals surface area contributed by atoms with Gasteiger partial charge >= 0.3 is 5.69 Å². The number of piperidine rings is 1. The zero-order chi connectivity index (χ0) is 15.6. The van der Waals surface area contributed by atoms with Crippen molar-refractivity contribution in [3.63, 3.8) is 0 Å². The Labute approximate surface area is 127 Å². The maximum atomic E-state index is 11.6. The SMILES string of the molecule is COCC1CCCN(c2sc(S(C)(=O)=O)cc2[N+](=O)[O-])C1. The van der Waals surface area contributed by atoms with Gasteiger partial charge in [-0.2, -0.15) is 0 Å².